The SMILES string of the molecule is O=CO/C=C/c1cc(-c2cc(/C=C/OC=O)c(C(F)(F)F)cn2)nc(-c2cc(/C=C/OC=O)c(C(F)(F)F)cn2)c1. The van der Waals surface area contributed by atoms with E-state index >= 15 is 0 Å². The molecule has 3 aromatic heterocycles. The van der Waals surface area contributed by atoms with Gasteiger partial charge in [-0.1, -0.05) is 0 Å². The van der Waals surface area contributed by atoms with Crippen molar-refractivity contribution >= 4 is 37.6 Å². The molecule has 0 aliphatic carbocycles. The second kappa shape index (κ2) is 13.1. The van der Waals surface area contributed by atoms with Gasteiger partial charge in [0.25, 0.3) is 19.4 Å². The number of hydrogen-bond donors (Lipinski definition) is 0. The zero-order valence-electron chi connectivity index (χ0n) is 20.2. The second-order valence-electron chi connectivity index (χ2n) is 7.59. The average Bonchev–Trinajstić information content (AvgIpc) is 2.92. The molecule has 0 aromatic carbocycles. The first-order chi connectivity index (χ1) is 19.5. The van der Waals surface area contributed by atoms with Crippen LogP contribution in [0.3, 0.4) is 0 Å². The molecule has 0 radical (unpaired) electrons. The minimum atomic E-state index is -4.82. The van der Waals surface area contributed by atoms with Crippen molar-refractivity contribution in [3.8, 4) is 22.8 Å². The molecule has 0 unspecified atom stereocenters. The van der Waals surface area contributed by atoms with Gasteiger partial charge in [0, 0.05) is 12.4 Å². The summed E-state index contributed by atoms with van der Waals surface area (Å²) in [4.78, 5) is 43.3. The number of carbonyl (C=O) groups excluding carboxylic acids is 3. The number of ether oxygens (including phenoxy) is 3. The van der Waals surface area contributed by atoms with Crippen LogP contribution < -0.4 is 0 Å². The third kappa shape index (κ3) is 8.08. The third-order valence-electron chi connectivity index (χ3n) is 5.01. The van der Waals surface area contributed by atoms with Gasteiger partial charge >= 0.3 is 12.4 Å². The number of nitrogens with zero attached hydrogens (tertiary/aromatic N) is 3. The van der Waals surface area contributed by atoms with Crippen molar-refractivity contribution in [1.82, 2.24) is 15.0 Å². The lowest BCUT2D eigenvalue weighted by Crippen LogP contribution is -2.09. The van der Waals surface area contributed by atoms with Crippen LogP contribution in [0, 0.1) is 0 Å². The molecular formula is C26H15F6N3O6. The molecule has 0 bridgehead atoms. The van der Waals surface area contributed by atoms with Crippen molar-refractivity contribution in [2.24, 2.45) is 0 Å². The standard InChI is InChI=1S/C26H15F6N3O6/c27-25(28,29)19-11-33-21(9-17(19)2-5-40-14-37)23-7-16(1-4-39-13-36)8-24(35-23)22-10-18(3-6-41-15-38)20(12-34-22)26(30,31)32/h1-15H/b4-1+,5-2+,6-3+. The van der Waals surface area contributed by atoms with Crippen molar-refractivity contribution < 1.29 is 54.9 Å². The van der Waals surface area contributed by atoms with Crippen LogP contribution in [-0.4, -0.2) is 34.4 Å². The van der Waals surface area contributed by atoms with E-state index in [1.54, 1.807) is 0 Å². The largest absolute Gasteiger partial charge is 0.437 e. The molecule has 0 aliphatic heterocycles. The summed E-state index contributed by atoms with van der Waals surface area (Å²) in [5.41, 5.74) is -3.24. The van der Waals surface area contributed by atoms with E-state index in [9.17, 15) is 40.7 Å². The molecular weight excluding hydrogens is 564 g/mol. The molecule has 0 N–H and O–H groups in total. The van der Waals surface area contributed by atoms with Gasteiger partial charge < -0.3 is 14.2 Å². The fourth-order valence-corrected chi connectivity index (χ4v) is 3.32. The van der Waals surface area contributed by atoms with E-state index in [1.807, 2.05) is 0 Å². The third-order valence-corrected chi connectivity index (χ3v) is 5.01. The Bertz CT molecular complexity index is 1420. The lowest BCUT2D eigenvalue weighted by molar-refractivity contribution is -0.138. The Kier molecular flexibility index (Phi) is 9.68. The predicted octanol–water partition coefficient (Wildman–Crippen LogP) is 5.67. The summed E-state index contributed by atoms with van der Waals surface area (Å²) in [6.07, 6.45) is -3.11. The average molecular weight is 579 g/mol. The maximum Gasteiger partial charge on any atom is 0.418 e. The molecule has 3 heterocycles. The van der Waals surface area contributed by atoms with Crippen LogP contribution in [0.5, 0.6) is 0 Å². The van der Waals surface area contributed by atoms with Crippen molar-refractivity contribution in [3.63, 3.8) is 0 Å². The van der Waals surface area contributed by atoms with Crippen molar-refractivity contribution in [2.45, 2.75) is 12.4 Å². The Labute approximate surface area is 226 Å². The number of carbonyl (C=O) groups is 3. The molecule has 9 nitrogen and oxygen atoms in total. The number of halogens is 6. The van der Waals surface area contributed by atoms with Crippen molar-refractivity contribution in [1.29, 1.82) is 0 Å². The quantitative estimate of drug-likeness (QED) is 0.123. The molecule has 41 heavy (non-hydrogen) atoms. The van der Waals surface area contributed by atoms with Crippen LogP contribution in [0.25, 0.3) is 41.0 Å². The lowest BCUT2D eigenvalue weighted by Gasteiger charge is -2.13. The fraction of sp³-hybridized carbons (Fsp3) is 0.0769. The molecule has 0 fully saturated rings. The van der Waals surface area contributed by atoms with Crippen LogP contribution in [0.2, 0.25) is 0 Å². The number of rotatable bonds is 11. The minimum Gasteiger partial charge on any atom is -0.437 e. The zero-order valence-corrected chi connectivity index (χ0v) is 20.2. The van der Waals surface area contributed by atoms with Gasteiger partial charge in [0.05, 0.1) is 52.7 Å². The molecule has 0 saturated carbocycles. The monoisotopic (exact) mass is 579 g/mol. The van der Waals surface area contributed by atoms with Gasteiger partial charge in [-0.2, -0.15) is 26.3 Å². The van der Waals surface area contributed by atoms with Crippen LogP contribution in [-0.2, 0) is 40.9 Å². The molecule has 0 amide bonds. The van der Waals surface area contributed by atoms with E-state index in [1.165, 1.54) is 18.2 Å². The van der Waals surface area contributed by atoms with Gasteiger partial charge in [0.15, 0.2) is 0 Å². The molecule has 0 spiro atoms. The minimum absolute atomic E-state index is 0.00247. The van der Waals surface area contributed by atoms with E-state index in [2.05, 4.69) is 29.2 Å². The van der Waals surface area contributed by atoms with Gasteiger partial charge in [-0.25, -0.2) is 4.98 Å². The topological polar surface area (TPSA) is 118 Å². The number of pyridine rings is 3. The highest BCUT2D eigenvalue weighted by atomic mass is 19.4. The first kappa shape index (κ1) is 30.2. The number of aromatic nitrogens is 3. The summed E-state index contributed by atoms with van der Waals surface area (Å²) in [6.45, 7) is 0.124. The molecule has 212 valence electrons. The van der Waals surface area contributed by atoms with Crippen molar-refractivity contribution in [2.75, 3.05) is 0 Å². The summed E-state index contributed by atoms with van der Waals surface area (Å²) < 4.78 is 94.2. The van der Waals surface area contributed by atoms with Crippen LogP contribution in [0.1, 0.15) is 27.8 Å². The molecule has 0 atom stereocenters. The van der Waals surface area contributed by atoms with Crippen LogP contribution in [0.15, 0.2) is 55.4 Å². The molecule has 3 rings (SSSR count). The Hall–Kier alpha value is -5.34. The van der Waals surface area contributed by atoms with Gasteiger partial charge in [-0.15, -0.1) is 0 Å². The molecule has 0 aliphatic rings. The van der Waals surface area contributed by atoms with E-state index in [0.717, 1.165) is 43.1 Å². The first-order valence-electron chi connectivity index (χ1n) is 10.9. The predicted molar refractivity (Wildman–Crippen MR) is 129 cm³/mol. The second-order valence-corrected chi connectivity index (χ2v) is 7.59. The summed E-state index contributed by atoms with van der Waals surface area (Å²) in [5.74, 6) is 0. The smallest absolute Gasteiger partial charge is 0.418 e. The Morgan fingerprint density at radius 1 is 0.561 bits per heavy atom. The maximum absolute atomic E-state index is 13.5. The Balaban J connectivity index is 2.23. The van der Waals surface area contributed by atoms with Gasteiger partial charge in [-0.05, 0) is 59.2 Å². The molecule has 0 saturated heterocycles. The fourth-order valence-electron chi connectivity index (χ4n) is 3.32. The normalized spacial score (nSPS) is 12.1. The Morgan fingerprint density at radius 3 is 1.32 bits per heavy atom. The Morgan fingerprint density at radius 2 is 0.951 bits per heavy atom. The number of hydrogen-bond acceptors (Lipinski definition) is 9. The van der Waals surface area contributed by atoms with Gasteiger partial charge in [-0.3, -0.25) is 24.4 Å². The highest BCUT2D eigenvalue weighted by Crippen LogP contribution is 2.36. The van der Waals surface area contributed by atoms with E-state index < -0.39 is 34.6 Å². The molecule has 15 heteroatoms. The highest BCUT2D eigenvalue weighted by Gasteiger charge is 2.34. The van der Waals surface area contributed by atoms with E-state index in [4.69, 9.17) is 0 Å². The first-order valence-corrected chi connectivity index (χ1v) is 10.9. The van der Waals surface area contributed by atoms with Crippen LogP contribution in [0.4, 0.5) is 26.3 Å². The summed E-state index contributed by atoms with van der Waals surface area (Å²) >= 11 is 0. The van der Waals surface area contributed by atoms with Gasteiger partial charge in [0.1, 0.15) is 0 Å². The summed E-state index contributed by atoms with van der Waals surface area (Å²) in [6, 6.07) is 4.70. The lowest BCUT2D eigenvalue weighted by atomic mass is 10.0. The van der Waals surface area contributed by atoms with Gasteiger partial charge in [0.2, 0.25) is 0 Å². The molecule has 3 aromatic rings. The van der Waals surface area contributed by atoms with E-state index in [-0.39, 0.29) is 47.8 Å². The number of alkyl halides is 6. The highest BCUT2D eigenvalue weighted by molar-refractivity contribution is 5.72. The maximum atomic E-state index is 13.5. The van der Waals surface area contributed by atoms with E-state index in [0.29, 0.717) is 12.4 Å². The van der Waals surface area contributed by atoms with Crippen molar-refractivity contribution in [3.05, 3.63) is 83.3 Å². The zero-order chi connectivity index (χ0) is 30.0. The van der Waals surface area contributed by atoms with Crippen LogP contribution >= 0.6 is 0 Å². The summed E-state index contributed by atoms with van der Waals surface area (Å²) in [7, 11) is 0. The summed E-state index contributed by atoms with van der Waals surface area (Å²) in [5, 5.41) is 0.